The Morgan fingerprint density at radius 2 is 1.92 bits per heavy atom. The van der Waals surface area contributed by atoms with E-state index in [0.717, 1.165) is 8.20 Å². The van der Waals surface area contributed by atoms with Crippen molar-refractivity contribution in [2.45, 2.75) is 34.6 Å². The smallest absolute Gasteiger partial charge is 0.00337 e. The second-order valence-electron chi connectivity index (χ2n) is 4.18. The molecule has 0 rings (SSSR count). The molecule has 0 atom stereocenters. The second kappa shape index (κ2) is 5.40. The molecule has 74 valence electrons. The Kier molecular flexibility index (Phi) is 5.25. The van der Waals surface area contributed by atoms with Gasteiger partial charge in [-0.3, -0.25) is 0 Å². The van der Waals surface area contributed by atoms with Crippen LogP contribution in [0.4, 0.5) is 0 Å². The average molecular weight is 196 g/mol. The molecule has 0 unspecified atom stereocenters. The molecule has 0 nitrogen and oxygen atoms in total. The number of allylic oxidation sites excluding steroid dienone is 4. The lowest BCUT2D eigenvalue weighted by molar-refractivity contribution is 0.333. The van der Waals surface area contributed by atoms with E-state index in [0.29, 0.717) is 5.92 Å². The van der Waals surface area contributed by atoms with Crippen LogP contribution >= 0.6 is 8.20 Å². The van der Waals surface area contributed by atoms with Crippen LogP contribution in [0.1, 0.15) is 34.6 Å². The van der Waals surface area contributed by atoms with Crippen LogP contribution in [0.5, 0.6) is 0 Å². The van der Waals surface area contributed by atoms with E-state index in [4.69, 9.17) is 0 Å². The third-order valence-electron chi connectivity index (χ3n) is 2.65. The minimum atomic E-state index is 0.277. The summed E-state index contributed by atoms with van der Waals surface area (Å²) >= 11 is 0. The van der Waals surface area contributed by atoms with E-state index >= 15 is 0 Å². The lowest BCUT2D eigenvalue weighted by Crippen LogP contribution is -2.15. The van der Waals surface area contributed by atoms with Crippen molar-refractivity contribution in [1.82, 2.24) is 0 Å². The van der Waals surface area contributed by atoms with Crippen LogP contribution in [-0.2, 0) is 0 Å². The van der Waals surface area contributed by atoms with Crippen molar-refractivity contribution in [1.29, 1.82) is 0 Å². The van der Waals surface area contributed by atoms with E-state index in [-0.39, 0.29) is 5.41 Å². The largest absolute Gasteiger partial charge is 0.0777 e. The van der Waals surface area contributed by atoms with Gasteiger partial charge in [-0.25, -0.2) is 0 Å². The van der Waals surface area contributed by atoms with Crippen molar-refractivity contribution in [2.75, 3.05) is 0 Å². The summed E-state index contributed by atoms with van der Waals surface area (Å²) in [7, 11) is 1.10. The number of hydrogen-bond donors (Lipinski definition) is 0. The molecule has 0 aromatic rings. The highest BCUT2D eigenvalue weighted by molar-refractivity contribution is 7.41. The molecule has 0 radical (unpaired) electrons. The molecule has 0 aliphatic carbocycles. The van der Waals surface area contributed by atoms with Gasteiger partial charge in [0.2, 0.25) is 0 Å². The van der Waals surface area contributed by atoms with Gasteiger partial charge >= 0.3 is 0 Å². The summed E-state index contributed by atoms with van der Waals surface area (Å²) in [6.45, 7) is 11.1. The van der Waals surface area contributed by atoms with Crippen LogP contribution in [0.2, 0.25) is 0 Å². The van der Waals surface area contributed by atoms with Crippen molar-refractivity contribution in [3.8, 4) is 0 Å². The summed E-state index contributed by atoms with van der Waals surface area (Å²) in [5.74, 6) is 0.670. The zero-order valence-electron chi connectivity index (χ0n) is 9.46. The van der Waals surface area contributed by atoms with Gasteiger partial charge in [-0.15, -0.1) is 0 Å². The molecule has 0 aromatic carbocycles. The maximum absolute atomic E-state index is 3.86. The van der Waals surface area contributed by atoms with E-state index in [9.17, 15) is 0 Å². The van der Waals surface area contributed by atoms with E-state index in [1.165, 1.54) is 5.31 Å². The van der Waals surface area contributed by atoms with E-state index in [1.807, 2.05) is 0 Å². The molecular formula is C12H21P. The van der Waals surface area contributed by atoms with E-state index in [1.54, 1.807) is 0 Å². The standard InChI is InChI=1S/C12H21P/c1-7-11(13-6)8-9-12(4,5)10(2)3/h7-10H,6H2,1-5H3/b9-8-,11-7+. The molecule has 0 fully saturated rings. The summed E-state index contributed by atoms with van der Waals surface area (Å²) in [6, 6.07) is 0. The predicted molar refractivity (Wildman–Crippen MR) is 65.6 cm³/mol. The Morgan fingerprint density at radius 1 is 1.38 bits per heavy atom. The van der Waals surface area contributed by atoms with Crippen LogP contribution in [0.25, 0.3) is 0 Å². The predicted octanol–water partition coefficient (Wildman–Crippen LogP) is 4.51. The van der Waals surface area contributed by atoms with Gasteiger partial charge in [0.25, 0.3) is 0 Å². The molecule has 0 heterocycles. The van der Waals surface area contributed by atoms with Crippen molar-refractivity contribution < 1.29 is 0 Å². The monoisotopic (exact) mass is 196 g/mol. The molecule has 0 bridgehead atoms. The molecule has 0 aliphatic rings. The normalized spacial score (nSPS) is 14.8. The Hall–Kier alpha value is -0.350. The molecule has 0 amide bonds. The first-order chi connectivity index (χ1) is 5.94. The Bertz CT molecular complexity index is 219. The third kappa shape index (κ3) is 4.43. The first-order valence-corrected chi connectivity index (χ1v) is 5.84. The second-order valence-corrected chi connectivity index (χ2v) is 5.01. The molecule has 0 saturated heterocycles. The van der Waals surface area contributed by atoms with Gasteiger partial charge in [-0.1, -0.05) is 60.4 Å². The minimum Gasteiger partial charge on any atom is -0.0777 e. The molecule has 0 aromatic heterocycles. The van der Waals surface area contributed by atoms with Gasteiger partial charge in [0.1, 0.15) is 0 Å². The Labute approximate surface area is 84.5 Å². The first-order valence-electron chi connectivity index (χ1n) is 4.76. The highest BCUT2D eigenvalue weighted by Crippen LogP contribution is 2.28. The van der Waals surface area contributed by atoms with Crippen LogP contribution < -0.4 is 0 Å². The van der Waals surface area contributed by atoms with Crippen LogP contribution in [0, 0.1) is 11.3 Å². The van der Waals surface area contributed by atoms with Crippen LogP contribution in [-0.4, -0.2) is 6.30 Å². The van der Waals surface area contributed by atoms with Gasteiger partial charge < -0.3 is 0 Å². The van der Waals surface area contributed by atoms with E-state index < -0.39 is 0 Å². The van der Waals surface area contributed by atoms with Gasteiger partial charge in [-0.05, 0) is 23.6 Å². The topological polar surface area (TPSA) is 0 Å². The highest BCUT2D eigenvalue weighted by Gasteiger charge is 2.17. The van der Waals surface area contributed by atoms with E-state index in [2.05, 4.69) is 59.1 Å². The van der Waals surface area contributed by atoms with Crippen molar-refractivity contribution in [3.63, 3.8) is 0 Å². The molecule has 13 heavy (non-hydrogen) atoms. The van der Waals surface area contributed by atoms with Crippen LogP contribution in [0.15, 0.2) is 23.5 Å². The quantitative estimate of drug-likeness (QED) is 0.458. The van der Waals surface area contributed by atoms with Gasteiger partial charge in [-0.2, -0.15) is 0 Å². The summed E-state index contributed by atoms with van der Waals surface area (Å²) in [5, 5.41) is 1.29. The fourth-order valence-corrected chi connectivity index (χ4v) is 1.10. The molecule has 0 N–H and O–H groups in total. The van der Waals surface area contributed by atoms with Crippen LogP contribution in [0.3, 0.4) is 0 Å². The lowest BCUT2D eigenvalue weighted by atomic mass is 9.81. The maximum Gasteiger partial charge on any atom is -0.00337 e. The fraction of sp³-hybridized carbons (Fsp3) is 0.583. The zero-order valence-corrected chi connectivity index (χ0v) is 10.4. The summed E-state index contributed by atoms with van der Waals surface area (Å²) in [4.78, 5) is 0. The Balaban J connectivity index is 4.50. The Morgan fingerprint density at radius 3 is 2.23 bits per heavy atom. The van der Waals surface area contributed by atoms with Crippen molar-refractivity contribution in [2.24, 2.45) is 11.3 Å². The molecule has 0 aliphatic heterocycles. The number of hydrogen-bond acceptors (Lipinski definition) is 0. The summed E-state index contributed by atoms with van der Waals surface area (Å²) in [6.07, 6.45) is 10.4. The average Bonchev–Trinajstić information content (AvgIpc) is 2.06. The number of rotatable bonds is 4. The van der Waals surface area contributed by atoms with Crippen molar-refractivity contribution >= 4 is 14.5 Å². The molecule has 1 heteroatoms. The summed E-state index contributed by atoms with van der Waals surface area (Å²) in [5.41, 5.74) is 0.277. The molecular weight excluding hydrogens is 175 g/mol. The maximum atomic E-state index is 3.86. The van der Waals surface area contributed by atoms with Gasteiger partial charge in [0, 0.05) is 0 Å². The lowest BCUT2D eigenvalue weighted by Gasteiger charge is -2.25. The first kappa shape index (κ1) is 12.7. The third-order valence-corrected chi connectivity index (χ3v) is 3.42. The highest BCUT2D eigenvalue weighted by atomic mass is 31.1. The van der Waals surface area contributed by atoms with Gasteiger partial charge in [0.05, 0.1) is 0 Å². The minimum absolute atomic E-state index is 0.277. The SMILES string of the molecule is C=PC(/C=C\C(C)(C)C(C)C)=C/C. The van der Waals surface area contributed by atoms with Gasteiger partial charge in [0.15, 0.2) is 0 Å². The zero-order chi connectivity index (χ0) is 10.5. The molecule has 0 spiro atoms. The fourth-order valence-electron chi connectivity index (χ4n) is 0.733. The van der Waals surface area contributed by atoms with Crippen molar-refractivity contribution in [3.05, 3.63) is 23.5 Å². The molecule has 0 saturated carbocycles. The summed E-state index contributed by atoms with van der Waals surface area (Å²) < 4.78 is 0.